The van der Waals surface area contributed by atoms with Crippen molar-refractivity contribution < 1.29 is 0 Å². The molecule has 2 nitrogen and oxygen atoms in total. The van der Waals surface area contributed by atoms with Crippen molar-refractivity contribution in [1.29, 1.82) is 0 Å². The number of fused-ring (bicyclic) bond motifs is 3. The lowest BCUT2D eigenvalue weighted by Gasteiger charge is -2.12. The van der Waals surface area contributed by atoms with Crippen LogP contribution in [0.25, 0.3) is 0 Å². The van der Waals surface area contributed by atoms with Crippen molar-refractivity contribution >= 4 is 23.4 Å². The zero-order chi connectivity index (χ0) is 10.8. The second kappa shape index (κ2) is 2.89. The fourth-order valence-electron chi connectivity index (χ4n) is 2.93. The summed E-state index contributed by atoms with van der Waals surface area (Å²) in [5.74, 6) is 1.35. The third kappa shape index (κ3) is 1.19. The van der Waals surface area contributed by atoms with Crippen LogP contribution in [0.15, 0.2) is 5.16 Å². The molecule has 0 spiro atoms. The predicted molar refractivity (Wildman–Crippen MR) is 62.5 cm³/mol. The van der Waals surface area contributed by atoms with E-state index in [1.54, 1.807) is 11.8 Å². The smallest absolute Gasteiger partial charge is 0.188 e. The molecule has 0 radical (unpaired) electrons. The molecule has 0 N–H and O–H groups in total. The van der Waals surface area contributed by atoms with E-state index in [0.717, 1.165) is 17.5 Å². The third-order valence-corrected chi connectivity index (χ3v) is 4.75. The lowest BCUT2D eigenvalue weighted by Crippen LogP contribution is -2.05. The highest BCUT2D eigenvalue weighted by atomic mass is 35.5. The number of halogens is 1. The Bertz CT molecular complexity index is 444. The first-order valence-electron chi connectivity index (χ1n) is 5.16. The number of thioether (sulfide) groups is 1. The Morgan fingerprint density at radius 1 is 1.40 bits per heavy atom. The molecule has 2 aliphatic carbocycles. The normalized spacial score (nSPS) is 29.9. The van der Waals surface area contributed by atoms with E-state index in [4.69, 9.17) is 11.6 Å². The van der Waals surface area contributed by atoms with Crippen LogP contribution in [0.4, 0.5) is 0 Å². The quantitative estimate of drug-likeness (QED) is 0.429. The lowest BCUT2D eigenvalue weighted by molar-refractivity contribution is 0.532. The van der Waals surface area contributed by atoms with E-state index in [9.17, 15) is 0 Å². The Kier molecular flexibility index (Phi) is 1.91. The van der Waals surface area contributed by atoms with Crippen LogP contribution in [0.5, 0.6) is 0 Å². The molecule has 1 saturated carbocycles. The molecule has 0 aromatic carbocycles. The first-order chi connectivity index (χ1) is 7.05. The zero-order valence-electron chi connectivity index (χ0n) is 9.04. The van der Waals surface area contributed by atoms with Crippen LogP contribution in [-0.2, 0) is 6.42 Å². The Morgan fingerprint density at radius 3 is 2.80 bits per heavy atom. The molecule has 4 heteroatoms. The molecule has 1 heterocycles. The van der Waals surface area contributed by atoms with Crippen molar-refractivity contribution in [2.75, 3.05) is 6.26 Å². The van der Waals surface area contributed by atoms with Gasteiger partial charge in [0.05, 0.1) is 5.69 Å². The van der Waals surface area contributed by atoms with Gasteiger partial charge in [0, 0.05) is 5.56 Å². The largest absolute Gasteiger partial charge is 0.227 e. The van der Waals surface area contributed by atoms with Gasteiger partial charge in [-0.25, -0.2) is 9.97 Å². The lowest BCUT2D eigenvalue weighted by atomic mass is 9.99. The number of rotatable bonds is 1. The molecule has 80 valence electrons. The molecular weight excluding hydrogens is 228 g/mol. The summed E-state index contributed by atoms with van der Waals surface area (Å²) in [6.45, 7) is 4.62. The van der Waals surface area contributed by atoms with E-state index in [0.29, 0.717) is 16.5 Å². The summed E-state index contributed by atoms with van der Waals surface area (Å²) in [5.41, 5.74) is 2.83. The Balaban J connectivity index is 2.10. The summed E-state index contributed by atoms with van der Waals surface area (Å²) in [7, 11) is 0. The molecule has 3 rings (SSSR count). The summed E-state index contributed by atoms with van der Waals surface area (Å²) in [5, 5.41) is 1.49. The average Bonchev–Trinajstić information content (AvgIpc) is 2.62. The Morgan fingerprint density at radius 2 is 2.13 bits per heavy atom. The maximum absolute atomic E-state index is 6.24. The van der Waals surface area contributed by atoms with E-state index in [-0.39, 0.29) is 0 Å². The predicted octanol–water partition coefficient (Wildman–Crippen LogP) is 3.15. The first kappa shape index (κ1) is 9.91. The summed E-state index contributed by atoms with van der Waals surface area (Å²) >= 11 is 7.80. The van der Waals surface area contributed by atoms with Gasteiger partial charge in [0.15, 0.2) is 5.16 Å². The highest BCUT2D eigenvalue weighted by molar-refractivity contribution is 7.98. The molecule has 0 amide bonds. The van der Waals surface area contributed by atoms with Crippen molar-refractivity contribution in [3.05, 3.63) is 16.4 Å². The molecule has 1 aromatic heterocycles. The molecule has 0 aliphatic heterocycles. The minimum Gasteiger partial charge on any atom is -0.227 e. The van der Waals surface area contributed by atoms with Gasteiger partial charge in [-0.2, -0.15) is 0 Å². The Hall–Kier alpha value is -0.280. The molecule has 2 aliphatic rings. The maximum atomic E-state index is 6.24. The van der Waals surface area contributed by atoms with Crippen LogP contribution in [0.1, 0.15) is 31.0 Å². The Labute approximate surface area is 98.8 Å². The average molecular weight is 241 g/mol. The van der Waals surface area contributed by atoms with Crippen LogP contribution < -0.4 is 0 Å². The standard InChI is InChI=1S/C11H13ClN2S/c1-11(2)5-4-6-7(8(5)11)9(12)14-10(13-6)15-3/h5,8H,4H2,1-3H3. The highest BCUT2D eigenvalue weighted by Crippen LogP contribution is 2.70. The van der Waals surface area contributed by atoms with Crippen molar-refractivity contribution in [2.45, 2.75) is 31.3 Å². The zero-order valence-corrected chi connectivity index (χ0v) is 10.6. The molecule has 2 unspecified atom stereocenters. The van der Waals surface area contributed by atoms with Crippen LogP contribution in [-0.4, -0.2) is 16.2 Å². The fraction of sp³-hybridized carbons (Fsp3) is 0.636. The van der Waals surface area contributed by atoms with Gasteiger partial charge in [-0.1, -0.05) is 37.2 Å². The molecule has 1 fully saturated rings. The van der Waals surface area contributed by atoms with E-state index in [2.05, 4.69) is 23.8 Å². The van der Waals surface area contributed by atoms with Gasteiger partial charge in [-0.15, -0.1) is 0 Å². The topological polar surface area (TPSA) is 25.8 Å². The molecule has 0 bridgehead atoms. The van der Waals surface area contributed by atoms with Crippen molar-refractivity contribution in [3.63, 3.8) is 0 Å². The summed E-state index contributed by atoms with van der Waals surface area (Å²) in [4.78, 5) is 8.87. The van der Waals surface area contributed by atoms with Gasteiger partial charge in [-0.05, 0) is 29.9 Å². The second-order valence-electron chi connectivity index (χ2n) is 4.97. The maximum Gasteiger partial charge on any atom is 0.188 e. The van der Waals surface area contributed by atoms with Gasteiger partial charge in [0.1, 0.15) is 5.15 Å². The number of aromatic nitrogens is 2. The number of hydrogen-bond acceptors (Lipinski definition) is 3. The van der Waals surface area contributed by atoms with E-state index in [1.807, 2.05) is 6.26 Å². The van der Waals surface area contributed by atoms with E-state index in [1.165, 1.54) is 11.3 Å². The second-order valence-corrected chi connectivity index (χ2v) is 6.10. The number of nitrogens with zero attached hydrogens (tertiary/aromatic N) is 2. The van der Waals surface area contributed by atoms with Crippen LogP contribution >= 0.6 is 23.4 Å². The van der Waals surface area contributed by atoms with Gasteiger partial charge in [0.2, 0.25) is 0 Å². The summed E-state index contributed by atoms with van der Waals surface area (Å²) in [6, 6.07) is 0. The summed E-state index contributed by atoms with van der Waals surface area (Å²) < 4.78 is 0. The molecule has 1 aromatic rings. The van der Waals surface area contributed by atoms with Crippen LogP contribution in [0, 0.1) is 11.3 Å². The van der Waals surface area contributed by atoms with Crippen molar-refractivity contribution in [3.8, 4) is 0 Å². The SMILES string of the molecule is CSc1nc(Cl)c2c(n1)CC1C2C1(C)C. The van der Waals surface area contributed by atoms with Crippen LogP contribution in [0.2, 0.25) is 5.15 Å². The van der Waals surface area contributed by atoms with Crippen molar-refractivity contribution in [1.82, 2.24) is 9.97 Å². The number of hydrogen-bond donors (Lipinski definition) is 0. The minimum atomic E-state index is 0.418. The highest BCUT2D eigenvalue weighted by Gasteiger charge is 2.63. The third-order valence-electron chi connectivity index (χ3n) is 3.91. The van der Waals surface area contributed by atoms with Crippen molar-refractivity contribution in [2.24, 2.45) is 11.3 Å². The molecule has 15 heavy (non-hydrogen) atoms. The van der Waals surface area contributed by atoms with Gasteiger partial charge in [-0.3, -0.25) is 0 Å². The molecule has 2 atom stereocenters. The molecule has 0 saturated heterocycles. The summed E-state index contributed by atoms with van der Waals surface area (Å²) in [6.07, 6.45) is 3.07. The van der Waals surface area contributed by atoms with Gasteiger partial charge >= 0.3 is 0 Å². The fourth-order valence-corrected chi connectivity index (χ4v) is 3.67. The van der Waals surface area contributed by atoms with E-state index >= 15 is 0 Å². The van der Waals surface area contributed by atoms with E-state index < -0.39 is 0 Å². The minimum absolute atomic E-state index is 0.418. The molecular formula is C11H13ClN2S. The monoisotopic (exact) mass is 240 g/mol. The van der Waals surface area contributed by atoms with Gasteiger partial charge in [0.25, 0.3) is 0 Å². The van der Waals surface area contributed by atoms with Gasteiger partial charge < -0.3 is 0 Å². The first-order valence-corrected chi connectivity index (χ1v) is 6.76. The van der Waals surface area contributed by atoms with Crippen LogP contribution in [0.3, 0.4) is 0 Å².